The second-order valence-corrected chi connectivity index (χ2v) is 3.87. The molecule has 2 N–H and O–H groups in total. The Kier molecular flexibility index (Phi) is 3.23. The maximum absolute atomic E-state index is 6.21. The molecule has 0 atom stereocenters. The van der Waals surface area contributed by atoms with Crippen LogP contribution in [-0.4, -0.2) is 37.6 Å². The fraction of sp³-hybridized carbons (Fsp3) is 0.231. The third-order valence-electron chi connectivity index (χ3n) is 2.71. The van der Waals surface area contributed by atoms with Crippen molar-refractivity contribution < 1.29 is 0 Å². The van der Waals surface area contributed by atoms with Gasteiger partial charge in [-0.15, -0.1) is 0 Å². The molecule has 0 aromatic heterocycles. The molecule has 0 aliphatic carbocycles. The van der Waals surface area contributed by atoms with Crippen molar-refractivity contribution in [1.82, 2.24) is 4.90 Å². The number of hydrogen-bond donors (Lipinski definition) is 1. The molecule has 17 heavy (non-hydrogen) atoms. The maximum atomic E-state index is 6.21. The van der Waals surface area contributed by atoms with Gasteiger partial charge in [0.05, 0.1) is 12.2 Å². The minimum absolute atomic E-state index is 0.681. The van der Waals surface area contributed by atoms with Crippen molar-refractivity contribution in [1.29, 1.82) is 0 Å². The average Bonchev–Trinajstić information content (AvgIpc) is 2.38. The fourth-order valence-corrected chi connectivity index (χ4v) is 1.82. The second-order valence-electron chi connectivity index (χ2n) is 3.87. The number of rotatable bonds is 1. The highest BCUT2D eigenvalue weighted by molar-refractivity contribution is 6.08. The summed E-state index contributed by atoms with van der Waals surface area (Å²) < 4.78 is 0. The number of likely N-dealkylation sites (N-methyl/N-ethyl adjacent to an activating group) is 1. The van der Waals surface area contributed by atoms with Gasteiger partial charge in [0.1, 0.15) is 5.70 Å². The van der Waals surface area contributed by atoms with Gasteiger partial charge in [0, 0.05) is 20.3 Å². The molecule has 0 amide bonds. The van der Waals surface area contributed by atoms with Crippen LogP contribution in [0.4, 0.5) is 0 Å². The van der Waals surface area contributed by atoms with E-state index in [0.29, 0.717) is 11.5 Å². The van der Waals surface area contributed by atoms with Crippen LogP contribution < -0.4 is 5.73 Å². The van der Waals surface area contributed by atoms with E-state index in [1.54, 1.807) is 7.05 Å². The first kappa shape index (κ1) is 11.4. The van der Waals surface area contributed by atoms with Crippen LogP contribution in [0.2, 0.25) is 0 Å². The van der Waals surface area contributed by atoms with Crippen LogP contribution in [0.25, 0.3) is 5.70 Å². The number of hydrogen-bond acceptors (Lipinski definition) is 3. The zero-order valence-electron chi connectivity index (χ0n) is 10.1. The van der Waals surface area contributed by atoms with Crippen molar-refractivity contribution in [3.63, 3.8) is 0 Å². The van der Waals surface area contributed by atoms with Crippen LogP contribution in [0.5, 0.6) is 0 Å². The zero-order chi connectivity index (χ0) is 12.3. The molecule has 0 unspecified atom stereocenters. The van der Waals surface area contributed by atoms with E-state index in [-0.39, 0.29) is 0 Å². The summed E-state index contributed by atoms with van der Waals surface area (Å²) in [7, 11) is 3.71. The largest absolute Gasteiger partial charge is 0.396 e. The first-order valence-corrected chi connectivity index (χ1v) is 5.50. The lowest BCUT2D eigenvalue weighted by atomic mass is 10.1. The predicted octanol–water partition coefficient (Wildman–Crippen LogP) is 1.36. The van der Waals surface area contributed by atoms with Gasteiger partial charge in [-0.1, -0.05) is 30.3 Å². The third kappa shape index (κ3) is 2.20. The molecule has 88 valence electrons. The standard InChI is InChI=1S/C13H16N4/c1-15-13-12(17(2)9-8-16-13)11(14)10-6-4-3-5-7-10/h3-8H,9,14H2,1-2H3. The van der Waals surface area contributed by atoms with Crippen LogP contribution in [-0.2, 0) is 0 Å². The van der Waals surface area contributed by atoms with Gasteiger partial charge in [0.15, 0.2) is 5.84 Å². The lowest BCUT2D eigenvalue weighted by Gasteiger charge is -2.25. The molecule has 4 heteroatoms. The lowest BCUT2D eigenvalue weighted by molar-refractivity contribution is 0.500. The first-order chi connectivity index (χ1) is 8.24. The highest BCUT2D eigenvalue weighted by Crippen LogP contribution is 2.19. The van der Waals surface area contributed by atoms with Crippen LogP contribution in [0.1, 0.15) is 5.56 Å². The molecule has 0 saturated carbocycles. The monoisotopic (exact) mass is 228 g/mol. The molecule has 1 heterocycles. The minimum atomic E-state index is 0.681. The summed E-state index contributed by atoms with van der Waals surface area (Å²) in [5.74, 6) is 0.681. The number of amidine groups is 1. The van der Waals surface area contributed by atoms with E-state index < -0.39 is 0 Å². The van der Waals surface area contributed by atoms with Crippen molar-refractivity contribution in [3.05, 3.63) is 41.6 Å². The van der Waals surface area contributed by atoms with Gasteiger partial charge < -0.3 is 10.6 Å². The van der Waals surface area contributed by atoms with E-state index in [1.165, 1.54) is 0 Å². The number of nitrogens with zero attached hydrogens (tertiary/aromatic N) is 3. The van der Waals surface area contributed by atoms with Gasteiger partial charge in [-0.2, -0.15) is 0 Å². The molecule has 1 aromatic rings. The van der Waals surface area contributed by atoms with E-state index in [1.807, 2.05) is 43.6 Å². The molecular weight excluding hydrogens is 212 g/mol. The lowest BCUT2D eigenvalue weighted by Crippen LogP contribution is -2.31. The molecule has 1 aliphatic heterocycles. The summed E-state index contributed by atoms with van der Waals surface area (Å²) in [5, 5.41) is 0. The molecule has 0 spiro atoms. The summed E-state index contributed by atoms with van der Waals surface area (Å²) in [6, 6.07) is 9.89. The fourth-order valence-electron chi connectivity index (χ4n) is 1.82. The Morgan fingerprint density at radius 3 is 2.71 bits per heavy atom. The van der Waals surface area contributed by atoms with E-state index in [2.05, 4.69) is 14.9 Å². The van der Waals surface area contributed by atoms with E-state index >= 15 is 0 Å². The van der Waals surface area contributed by atoms with Crippen LogP contribution in [0.3, 0.4) is 0 Å². The van der Waals surface area contributed by atoms with Gasteiger partial charge in [-0.05, 0) is 5.56 Å². The topological polar surface area (TPSA) is 54.0 Å². The van der Waals surface area contributed by atoms with E-state index in [0.717, 1.165) is 17.8 Å². The molecule has 4 nitrogen and oxygen atoms in total. The minimum Gasteiger partial charge on any atom is -0.396 e. The van der Waals surface area contributed by atoms with E-state index in [9.17, 15) is 0 Å². The van der Waals surface area contributed by atoms with Crippen LogP contribution in [0, 0.1) is 0 Å². The molecular formula is C13H16N4. The Balaban J connectivity index is 2.52. The summed E-state index contributed by atoms with van der Waals surface area (Å²) >= 11 is 0. The van der Waals surface area contributed by atoms with Gasteiger partial charge >= 0.3 is 0 Å². The summed E-state index contributed by atoms with van der Waals surface area (Å²) in [4.78, 5) is 10.5. The van der Waals surface area contributed by atoms with Gasteiger partial charge in [-0.3, -0.25) is 4.99 Å². The van der Waals surface area contributed by atoms with E-state index in [4.69, 9.17) is 5.73 Å². The average molecular weight is 228 g/mol. The quantitative estimate of drug-likeness (QED) is 0.789. The Hall–Kier alpha value is -2.10. The zero-order valence-corrected chi connectivity index (χ0v) is 10.1. The third-order valence-corrected chi connectivity index (χ3v) is 2.71. The van der Waals surface area contributed by atoms with Crippen LogP contribution in [0.15, 0.2) is 46.0 Å². The Bertz CT molecular complexity index is 485. The Morgan fingerprint density at radius 2 is 2.06 bits per heavy atom. The van der Waals surface area contributed by atoms with Gasteiger partial charge in [0.25, 0.3) is 0 Å². The molecule has 0 saturated heterocycles. The highest BCUT2D eigenvalue weighted by atomic mass is 15.2. The Morgan fingerprint density at radius 1 is 1.35 bits per heavy atom. The Labute approximate surface area is 101 Å². The number of aliphatic imine (C=N–C) groups is 2. The summed E-state index contributed by atoms with van der Waals surface area (Å²) in [6.07, 6.45) is 1.84. The van der Waals surface area contributed by atoms with Crippen molar-refractivity contribution in [2.24, 2.45) is 15.7 Å². The van der Waals surface area contributed by atoms with Crippen molar-refractivity contribution in [2.75, 3.05) is 20.6 Å². The smallest absolute Gasteiger partial charge is 0.172 e. The van der Waals surface area contributed by atoms with Gasteiger partial charge in [-0.25, -0.2) is 4.99 Å². The van der Waals surface area contributed by atoms with Crippen molar-refractivity contribution in [3.8, 4) is 0 Å². The number of nitrogens with two attached hydrogens (primary N) is 1. The van der Waals surface area contributed by atoms with Gasteiger partial charge in [0.2, 0.25) is 0 Å². The molecule has 2 rings (SSSR count). The summed E-state index contributed by atoms with van der Waals surface area (Å²) in [6.45, 7) is 0.752. The van der Waals surface area contributed by atoms with Crippen molar-refractivity contribution in [2.45, 2.75) is 0 Å². The number of benzene rings is 1. The molecule has 1 aliphatic rings. The second kappa shape index (κ2) is 4.82. The SMILES string of the molecule is CN=C1N=CCN(C)C1=C(N)c1ccccc1. The van der Waals surface area contributed by atoms with Crippen LogP contribution >= 0.6 is 0 Å². The molecule has 0 bridgehead atoms. The maximum Gasteiger partial charge on any atom is 0.172 e. The molecule has 1 aromatic carbocycles. The first-order valence-electron chi connectivity index (χ1n) is 5.50. The molecule has 0 radical (unpaired) electrons. The predicted molar refractivity (Wildman–Crippen MR) is 72.0 cm³/mol. The highest BCUT2D eigenvalue weighted by Gasteiger charge is 2.18. The normalized spacial score (nSPS) is 20.8. The summed E-state index contributed by atoms with van der Waals surface area (Å²) in [5.41, 5.74) is 8.81. The van der Waals surface area contributed by atoms with Crippen molar-refractivity contribution >= 4 is 17.7 Å². The molecule has 0 fully saturated rings.